The van der Waals surface area contributed by atoms with Gasteiger partial charge in [0.25, 0.3) is 0 Å². The zero-order chi connectivity index (χ0) is 10.4. The number of hydrogen-bond donors (Lipinski definition) is 1. The Kier molecular flexibility index (Phi) is 4.26. The van der Waals surface area contributed by atoms with Crippen LogP contribution >= 0.6 is 12.6 Å². The van der Waals surface area contributed by atoms with E-state index in [1.165, 1.54) is 6.08 Å². The largest absolute Gasteiger partial charge is 0.449 e. The fourth-order valence-electron chi connectivity index (χ4n) is 0.936. The molecule has 0 radical (unpaired) electrons. The summed E-state index contributed by atoms with van der Waals surface area (Å²) in [7, 11) is 0. The molecule has 0 bridgehead atoms. The van der Waals surface area contributed by atoms with Crippen LogP contribution in [0.2, 0.25) is 0 Å². The van der Waals surface area contributed by atoms with Gasteiger partial charge in [-0.25, -0.2) is 4.79 Å². The Balaban J connectivity index is 2.52. The number of benzene rings is 1. The second-order valence-electron chi connectivity index (χ2n) is 2.78. The van der Waals surface area contributed by atoms with Crippen LogP contribution in [-0.2, 0) is 9.53 Å². The summed E-state index contributed by atoms with van der Waals surface area (Å²) in [6.07, 6.45) is 3.10. The van der Waals surface area contributed by atoms with Crippen molar-refractivity contribution in [3.63, 3.8) is 0 Å². The Labute approximate surface area is 89.0 Å². The Hall–Kier alpha value is -1.22. The van der Waals surface area contributed by atoms with Crippen LogP contribution < -0.4 is 0 Å². The van der Waals surface area contributed by atoms with Gasteiger partial charge in [-0.3, -0.25) is 0 Å². The number of rotatable bonds is 3. The van der Waals surface area contributed by atoms with Crippen molar-refractivity contribution in [1.29, 1.82) is 0 Å². The summed E-state index contributed by atoms with van der Waals surface area (Å²) in [4.78, 5) is 11.1. The molecule has 2 nitrogen and oxygen atoms in total. The van der Waals surface area contributed by atoms with Crippen molar-refractivity contribution in [2.45, 2.75) is 12.4 Å². The maximum atomic E-state index is 11.1. The van der Waals surface area contributed by atoms with E-state index in [1.54, 1.807) is 13.0 Å². The molecule has 3 heteroatoms. The third-order valence-electron chi connectivity index (χ3n) is 1.50. The molecule has 74 valence electrons. The fraction of sp³-hybridized carbons (Fsp3) is 0.182. The van der Waals surface area contributed by atoms with Gasteiger partial charge >= 0.3 is 5.97 Å². The summed E-state index contributed by atoms with van der Waals surface area (Å²) in [5, 5.41) is 0. The van der Waals surface area contributed by atoms with E-state index in [1.807, 2.05) is 30.3 Å². The lowest BCUT2D eigenvalue weighted by Gasteiger charge is -2.02. The standard InChI is InChI=1S/C11H12O2S/c1-9(14)13-11(12)8-7-10-5-3-2-4-6-10/h2-9,14H,1H3/b8-7+. The van der Waals surface area contributed by atoms with Crippen LogP contribution in [0.4, 0.5) is 0 Å². The first-order chi connectivity index (χ1) is 6.68. The molecule has 1 aromatic rings. The van der Waals surface area contributed by atoms with Crippen molar-refractivity contribution in [1.82, 2.24) is 0 Å². The summed E-state index contributed by atoms with van der Waals surface area (Å²) in [5.41, 5.74) is 0.596. The van der Waals surface area contributed by atoms with Gasteiger partial charge in [0, 0.05) is 6.08 Å². The van der Waals surface area contributed by atoms with Gasteiger partial charge < -0.3 is 4.74 Å². The molecule has 0 aromatic heterocycles. The average Bonchev–Trinajstić information content (AvgIpc) is 2.15. The quantitative estimate of drug-likeness (QED) is 0.357. The molecule has 0 aliphatic rings. The number of ether oxygens (including phenoxy) is 1. The highest BCUT2D eigenvalue weighted by Crippen LogP contribution is 2.02. The van der Waals surface area contributed by atoms with Gasteiger partial charge in [0.1, 0.15) is 5.44 Å². The van der Waals surface area contributed by atoms with Gasteiger partial charge in [0.2, 0.25) is 0 Å². The van der Waals surface area contributed by atoms with Crippen molar-refractivity contribution in [2.24, 2.45) is 0 Å². The lowest BCUT2D eigenvalue weighted by molar-refractivity contribution is -0.138. The van der Waals surface area contributed by atoms with Crippen LogP contribution in [0.25, 0.3) is 6.08 Å². The summed E-state index contributed by atoms with van der Waals surface area (Å²) in [6, 6.07) is 9.56. The van der Waals surface area contributed by atoms with Crippen molar-refractivity contribution in [2.75, 3.05) is 0 Å². The van der Waals surface area contributed by atoms with Gasteiger partial charge in [-0.1, -0.05) is 30.3 Å². The molecule has 0 saturated heterocycles. The van der Waals surface area contributed by atoms with Crippen LogP contribution in [0.3, 0.4) is 0 Å². The predicted octanol–water partition coefficient (Wildman–Crippen LogP) is 2.52. The molecule has 0 aliphatic heterocycles. The molecule has 0 heterocycles. The van der Waals surface area contributed by atoms with E-state index in [4.69, 9.17) is 4.74 Å². The molecule has 1 aromatic carbocycles. The smallest absolute Gasteiger partial charge is 0.331 e. The van der Waals surface area contributed by atoms with E-state index >= 15 is 0 Å². The Morgan fingerprint density at radius 3 is 2.64 bits per heavy atom. The molecule has 0 N–H and O–H groups in total. The Morgan fingerprint density at radius 2 is 2.07 bits per heavy atom. The highest BCUT2D eigenvalue weighted by molar-refractivity contribution is 7.80. The number of thiol groups is 1. The first-order valence-electron chi connectivity index (χ1n) is 4.30. The van der Waals surface area contributed by atoms with Crippen LogP contribution in [0.1, 0.15) is 12.5 Å². The molecule has 0 amide bonds. The van der Waals surface area contributed by atoms with Gasteiger partial charge in [-0.15, -0.1) is 12.6 Å². The van der Waals surface area contributed by atoms with Crippen molar-refractivity contribution in [3.05, 3.63) is 42.0 Å². The van der Waals surface area contributed by atoms with Gasteiger partial charge in [-0.05, 0) is 18.6 Å². The molecule has 0 saturated carbocycles. The molecule has 0 spiro atoms. The van der Waals surface area contributed by atoms with Crippen LogP contribution in [0.15, 0.2) is 36.4 Å². The maximum Gasteiger partial charge on any atom is 0.331 e. The highest BCUT2D eigenvalue weighted by atomic mass is 32.1. The molecule has 1 unspecified atom stereocenters. The number of carbonyl (C=O) groups excluding carboxylic acids is 1. The Bertz CT molecular complexity index is 317. The van der Waals surface area contributed by atoms with E-state index < -0.39 is 0 Å². The minimum Gasteiger partial charge on any atom is -0.449 e. The predicted molar refractivity (Wildman–Crippen MR) is 60.0 cm³/mol. The van der Waals surface area contributed by atoms with Crippen LogP contribution in [0.5, 0.6) is 0 Å². The summed E-state index contributed by atoms with van der Waals surface area (Å²) >= 11 is 3.94. The third-order valence-corrected chi connectivity index (χ3v) is 1.60. The monoisotopic (exact) mass is 208 g/mol. The fourth-order valence-corrected chi connectivity index (χ4v) is 1.04. The summed E-state index contributed by atoms with van der Waals surface area (Å²) in [5.74, 6) is -0.378. The minimum atomic E-state index is -0.378. The molecule has 1 atom stereocenters. The normalized spacial score (nSPS) is 12.7. The average molecular weight is 208 g/mol. The zero-order valence-electron chi connectivity index (χ0n) is 7.88. The van der Waals surface area contributed by atoms with Crippen LogP contribution in [-0.4, -0.2) is 11.4 Å². The highest BCUT2D eigenvalue weighted by Gasteiger charge is 1.99. The lowest BCUT2D eigenvalue weighted by atomic mass is 10.2. The molecule has 0 fully saturated rings. The van der Waals surface area contributed by atoms with Crippen molar-refractivity contribution >= 4 is 24.7 Å². The van der Waals surface area contributed by atoms with Crippen molar-refractivity contribution in [3.8, 4) is 0 Å². The topological polar surface area (TPSA) is 26.3 Å². The number of carbonyl (C=O) groups is 1. The van der Waals surface area contributed by atoms with E-state index in [0.717, 1.165) is 5.56 Å². The van der Waals surface area contributed by atoms with Crippen molar-refractivity contribution < 1.29 is 9.53 Å². The lowest BCUT2D eigenvalue weighted by Crippen LogP contribution is -2.05. The third kappa shape index (κ3) is 4.14. The molecule has 0 aliphatic carbocycles. The second kappa shape index (κ2) is 5.50. The molecule has 14 heavy (non-hydrogen) atoms. The SMILES string of the molecule is CC(S)OC(=O)/C=C/c1ccccc1. The first kappa shape index (κ1) is 10.9. The molecule has 1 rings (SSSR count). The summed E-state index contributed by atoms with van der Waals surface area (Å²) < 4.78 is 4.81. The second-order valence-corrected chi connectivity index (χ2v) is 3.51. The minimum absolute atomic E-state index is 0.372. The Morgan fingerprint density at radius 1 is 1.43 bits per heavy atom. The van der Waals surface area contributed by atoms with Crippen LogP contribution in [0, 0.1) is 0 Å². The van der Waals surface area contributed by atoms with E-state index in [-0.39, 0.29) is 11.4 Å². The molecular weight excluding hydrogens is 196 g/mol. The maximum absolute atomic E-state index is 11.1. The van der Waals surface area contributed by atoms with E-state index in [0.29, 0.717) is 0 Å². The van der Waals surface area contributed by atoms with Gasteiger partial charge in [0.05, 0.1) is 0 Å². The zero-order valence-corrected chi connectivity index (χ0v) is 8.78. The van der Waals surface area contributed by atoms with E-state index in [2.05, 4.69) is 12.6 Å². The van der Waals surface area contributed by atoms with Gasteiger partial charge in [-0.2, -0.15) is 0 Å². The molecular formula is C11H12O2S. The summed E-state index contributed by atoms with van der Waals surface area (Å²) in [6.45, 7) is 1.69. The number of hydrogen-bond acceptors (Lipinski definition) is 3. The van der Waals surface area contributed by atoms with E-state index in [9.17, 15) is 4.79 Å². The first-order valence-corrected chi connectivity index (χ1v) is 4.82. The van der Waals surface area contributed by atoms with Gasteiger partial charge in [0.15, 0.2) is 0 Å². The number of esters is 1.